The van der Waals surface area contributed by atoms with Crippen LogP contribution in [0.25, 0.3) is 0 Å². The largest absolute Gasteiger partial charge is 0.497 e. The Bertz CT molecular complexity index is 423. The normalized spacial score (nSPS) is 11.6. The predicted molar refractivity (Wildman–Crippen MR) is 57.0 cm³/mol. The van der Waals surface area contributed by atoms with E-state index in [-0.39, 0.29) is 5.78 Å². The smallest absolute Gasteiger partial charge is 0.151 e. The Morgan fingerprint density at radius 3 is 2.67 bits per heavy atom. The first kappa shape index (κ1) is 11.5. The summed E-state index contributed by atoms with van der Waals surface area (Å²) in [5, 5.41) is 9.21. The van der Waals surface area contributed by atoms with Crippen LogP contribution >= 0.6 is 11.6 Å². The van der Waals surface area contributed by atoms with Gasteiger partial charge in [-0.15, -0.1) is 0 Å². The van der Waals surface area contributed by atoms with Crippen molar-refractivity contribution >= 4 is 17.4 Å². The first-order valence-corrected chi connectivity index (χ1v) is 4.71. The lowest BCUT2D eigenvalue weighted by Crippen LogP contribution is -2.06. The van der Waals surface area contributed by atoms with Crippen LogP contribution in [0.4, 0.5) is 0 Å². The van der Waals surface area contributed by atoms with E-state index < -0.39 is 5.92 Å². The summed E-state index contributed by atoms with van der Waals surface area (Å²) in [6.45, 7) is 1.37. The van der Waals surface area contributed by atoms with Gasteiger partial charge in [-0.1, -0.05) is 17.7 Å². The molecule has 0 heterocycles. The van der Waals surface area contributed by atoms with Crippen molar-refractivity contribution in [2.45, 2.75) is 12.8 Å². The van der Waals surface area contributed by atoms with Crippen LogP contribution in [0.3, 0.4) is 0 Å². The molecule has 1 atom stereocenters. The number of hydrogen-bond donors (Lipinski definition) is 0. The number of rotatable bonds is 3. The van der Waals surface area contributed by atoms with Gasteiger partial charge < -0.3 is 4.74 Å². The molecule has 3 nitrogen and oxygen atoms in total. The number of carbonyl (C=O) groups is 1. The molecule has 0 bridgehead atoms. The predicted octanol–water partition coefficient (Wildman–Crippen LogP) is 2.54. The van der Waals surface area contributed by atoms with Crippen molar-refractivity contribution in [3.05, 3.63) is 28.8 Å². The van der Waals surface area contributed by atoms with Crippen molar-refractivity contribution in [2.24, 2.45) is 0 Å². The Morgan fingerprint density at radius 2 is 2.27 bits per heavy atom. The molecule has 0 aliphatic heterocycles. The lowest BCUT2D eigenvalue weighted by atomic mass is 9.97. The van der Waals surface area contributed by atoms with Gasteiger partial charge in [0.2, 0.25) is 0 Å². The minimum absolute atomic E-state index is 0.218. The first-order valence-electron chi connectivity index (χ1n) is 4.33. The molecule has 0 N–H and O–H groups in total. The van der Waals surface area contributed by atoms with Gasteiger partial charge in [0.1, 0.15) is 11.7 Å². The second-order valence-corrected chi connectivity index (χ2v) is 3.47. The highest BCUT2D eigenvalue weighted by molar-refractivity contribution is 6.31. The standard InChI is InChI=1S/C11H10ClNO2/c1-7(14)10(6-13)9-4-3-8(15-2)5-11(9)12/h3-5,10H,1-2H3/t10-/m1/s1. The molecule has 1 rings (SSSR count). The van der Waals surface area contributed by atoms with Gasteiger partial charge in [0.25, 0.3) is 0 Å². The highest BCUT2D eigenvalue weighted by Crippen LogP contribution is 2.28. The fourth-order valence-electron chi connectivity index (χ4n) is 1.25. The highest BCUT2D eigenvalue weighted by atomic mass is 35.5. The molecule has 0 spiro atoms. The van der Waals surface area contributed by atoms with Gasteiger partial charge in [-0.2, -0.15) is 5.26 Å². The number of nitrogens with zero attached hydrogens (tertiary/aromatic N) is 1. The van der Waals surface area contributed by atoms with Gasteiger partial charge in [0.05, 0.1) is 13.2 Å². The van der Waals surface area contributed by atoms with Gasteiger partial charge in [-0.05, 0) is 24.6 Å². The fraction of sp³-hybridized carbons (Fsp3) is 0.273. The van der Waals surface area contributed by atoms with Crippen molar-refractivity contribution in [2.75, 3.05) is 7.11 Å². The summed E-state index contributed by atoms with van der Waals surface area (Å²) in [4.78, 5) is 11.2. The Morgan fingerprint density at radius 1 is 1.60 bits per heavy atom. The lowest BCUT2D eigenvalue weighted by molar-refractivity contribution is -0.117. The average Bonchev–Trinajstić information content (AvgIpc) is 2.20. The molecule has 0 aromatic heterocycles. The van der Waals surface area contributed by atoms with Crippen molar-refractivity contribution < 1.29 is 9.53 Å². The third kappa shape index (κ3) is 2.48. The van der Waals surface area contributed by atoms with Gasteiger partial charge in [0, 0.05) is 5.02 Å². The molecular formula is C11H10ClNO2. The van der Waals surface area contributed by atoms with Gasteiger partial charge in [-0.25, -0.2) is 0 Å². The third-order valence-corrected chi connectivity index (χ3v) is 2.38. The monoisotopic (exact) mass is 223 g/mol. The molecule has 0 fully saturated rings. The number of hydrogen-bond acceptors (Lipinski definition) is 3. The van der Waals surface area contributed by atoms with Crippen LogP contribution < -0.4 is 4.74 Å². The number of ketones is 1. The molecular weight excluding hydrogens is 214 g/mol. The number of halogens is 1. The fourth-order valence-corrected chi connectivity index (χ4v) is 1.53. The zero-order valence-corrected chi connectivity index (χ0v) is 9.21. The van der Waals surface area contributed by atoms with Crippen LogP contribution in [-0.2, 0) is 4.79 Å². The Kier molecular flexibility index (Phi) is 3.70. The maximum absolute atomic E-state index is 11.2. The lowest BCUT2D eigenvalue weighted by Gasteiger charge is -2.09. The van der Waals surface area contributed by atoms with E-state index in [4.69, 9.17) is 21.6 Å². The number of ether oxygens (including phenoxy) is 1. The van der Waals surface area contributed by atoms with Gasteiger partial charge in [-0.3, -0.25) is 4.79 Å². The third-order valence-electron chi connectivity index (χ3n) is 2.05. The van der Waals surface area contributed by atoms with Crippen LogP contribution in [0.2, 0.25) is 5.02 Å². The molecule has 0 amide bonds. The number of Topliss-reactive ketones (excluding diaryl/α,β-unsaturated/α-hetero) is 1. The topological polar surface area (TPSA) is 50.1 Å². The zero-order valence-electron chi connectivity index (χ0n) is 8.45. The van der Waals surface area contributed by atoms with Crippen LogP contribution in [0.5, 0.6) is 5.75 Å². The number of benzene rings is 1. The second kappa shape index (κ2) is 4.81. The summed E-state index contributed by atoms with van der Waals surface area (Å²) < 4.78 is 4.97. The van der Waals surface area contributed by atoms with Crippen LogP contribution in [0, 0.1) is 11.3 Å². The van der Waals surface area contributed by atoms with Gasteiger partial charge >= 0.3 is 0 Å². The molecule has 0 aliphatic rings. The second-order valence-electron chi connectivity index (χ2n) is 3.06. The molecule has 1 aromatic rings. The van der Waals surface area contributed by atoms with Crippen molar-refractivity contribution in [3.63, 3.8) is 0 Å². The zero-order chi connectivity index (χ0) is 11.4. The van der Waals surface area contributed by atoms with E-state index in [1.165, 1.54) is 14.0 Å². The van der Waals surface area contributed by atoms with Crippen molar-refractivity contribution in [1.82, 2.24) is 0 Å². The molecule has 1 aromatic carbocycles. The number of nitriles is 1. The van der Waals surface area contributed by atoms with E-state index in [1.807, 2.05) is 6.07 Å². The van der Waals surface area contributed by atoms with E-state index in [2.05, 4.69) is 0 Å². The Balaban J connectivity index is 3.16. The maximum Gasteiger partial charge on any atom is 0.151 e. The SMILES string of the molecule is COc1ccc([C@H](C#N)C(C)=O)c(Cl)c1. The minimum Gasteiger partial charge on any atom is -0.497 e. The minimum atomic E-state index is -0.802. The first-order chi connectivity index (χ1) is 7.10. The maximum atomic E-state index is 11.2. The van der Waals surface area contributed by atoms with E-state index in [0.29, 0.717) is 16.3 Å². The summed E-state index contributed by atoms with van der Waals surface area (Å²) in [5.41, 5.74) is 0.521. The molecule has 15 heavy (non-hydrogen) atoms. The number of methoxy groups -OCH3 is 1. The van der Waals surface area contributed by atoms with Crippen molar-refractivity contribution in [3.8, 4) is 11.8 Å². The summed E-state index contributed by atoms with van der Waals surface area (Å²) in [7, 11) is 1.53. The molecule has 0 radical (unpaired) electrons. The molecule has 0 aliphatic carbocycles. The summed E-state index contributed by atoms with van der Waals surface area (Å²) in [6, 6.07) is 6.82. The summed E-state index contributed by atoms with van der Waals surface area (Å²) in [5.74, 6) is -0.419. The van der Waals surface area contributed by atoms with Gasteiger partial charge in [0.15, 0.2) is 5.78 Å². The van der Waals surface area contributed by atoms with E-state index in [1.54, 1.807) is 18.2 Å². The molecule has 78 valence electrons. The van der Waals surface area contributed by atoms with E-state index in [9.17, 15) is 4.79 Å². The molecule has 0 unspecified atom stereocenters. The summed E-state index contributed by atoms with van der Waals surface area (Å²) >= 11 is 5.94. The molecule has 4 heteroatoms. The summed E-state index contributed by atoms with van der Waals surface area (Å²) in [6.07, 6.45) is 0. The quantitative estimate of drug-likeness (QED) is 0.791. The average molecular weight is 224 g/mol. The number of carbonyl (C=O) groups excluding carboxylic acids is 1. The van der Waals surface area contributed by atoms with Crippen LogP contribution in [0.15, 0.2) is 18.2 Å². The highest BCUT2D eigenvalue weighted by Gasteiger charge is 2.18. The molecule has 0 saturated carbocycles. The van der Waals surface area contributed by atoms with E-state index in [0.717, 1.165) is 0 Å². The van der Waals surface area contributed by atoms with E-state index >= 15 is 0 Å². The van der Waals surface area contributed by atoms with Crippen LogP contribution in [-0.4, -0.2) is 12.9 Å². The van der Waals surface area contributed by atoms with Crippen molar-refractivity contribution in [1.29, 1.82) is 5.26 Å². The Hall–Kier alpha value is -1.53. The van der Waals surface area contributed by atoms with Crippen LogP contribution in [0.1, 0.15) is 18.4 Å². The molecule has 0 saturated heterocycles. The Labute approximate surface area is 93.2 Å².